The SMILES string of the molecule is CCCOC1C(c2ccc(F)c(C)c2)[C@@]2(O)[C@]1(O)C(c1ccc(F)c(C)c1)[C@@]2(O)[C@H](O)CO. The Morgan fingerprint density at radius 2 is 1.52 bits per heavy atom. The first-order valence-corrected chi connectivity index (χ1v) is 11.1. The number of rotatable bonds is 7. The molecule has 0 saturated heterocycles. The largest absolute Gasteiger partial charge is 0.394 e. The van der Waals surface area contributed by atoms with E-state index < -0.39 is 59.1 Å². The monoisotopic (exact) mass is 464 g/mol. The van der Waals surface area contributed by atoms with Gasteiger partial charge in [0.05, 0.1) is 18.6 Å². The van der Waals surface area contributed by atoms with Gasteiger partial charge in [-0.05, 0) is 54.7 Å². The predicted molar refractivity (Wildman–Crippen MR) is 116 cm³/mol. The number of aryl methyl sites for hydroxylation is 2. The molecule has 2 aliphatic carbocycles. The van der Waals surface area contributed by atoms with E-state index in [4.69, 9.17) is 4.74 Å². The number of hydrogen-bond donors (Lipinski definition) is 5. The van der Waals surface area contributed by atoms with Crippen LogP contribution in [0.5, 0.6) is 0 Å². The van der Waals surface area contributed by atoms with Crippen molar-refractivity contribution in [2.75, 3.05) is 13.2 Å². The number of benzene rings is 2. The molecule has 180 valence electrons. The number of aliphatic hydroxyl groups excluding tert-OH is 2. The normalized spacial score (nSPS) is 36.0. The van der Waals surface area contributed by atoms with Crippen LogP contribution in [0.2, 0.25) is 0 Å². The molecular weight excluding hydrogens is 434 g/mol. The minimum atomic E-state index is -2.39. The van der Waals surface area contributed by atoms with Gasteiger partial charge >= 0.3 is 0 Å². The van der Waals surface area contributed by atoms with Gasteiger partial charge in [0.15, 0.2) is 0 Å². The van der Waals surface area contributed by atoms with Crippen LogP contribution < -0.4 is 0 Å². The van der Waals surface area contributed by atoms with Crippen molar-refractivity contribution in [2.24, 2.45) is 0 Å². The van der Waals surface area contributed by atoms with E-state index >= 15 is 0 Å². The lowest BCUT2D eigenvalue weighted by atomic mass is 9.30. The van der Waals surface area contributed by atoms with E-state index in [9.17, 15) is 34.3 Å². The molecule has 0 amide bonds. The summed E-state index contributed by atoms with van der Waals surface area (Å²) in [6.45, 7) is 4.30. The Kier molecular flexibility index (Phi) is 5.92. The van der Waals surface area contributed by atoms with Crippen molar-refractivity contribution in [1.29, 1.82) is 0 Å². The lowest BCUT2D eigenvalue weighted by Crippen LogP contribution is -2.99. The molecule has 4 rings (SSSR count). The summed E-state index contributed by atoms with van der Waals surface area (Å²) in [5.74, 6) is -3.24. The molecule has 0 aromatic heterocycles. The maximum Gasteiger partial charge on any atom is 0.138 e. The summed E-state index contributed by atoms with van der Waals surface area (Å²) in [5, 5.41) is 55.8. The van der Waals surface area contributed by atoms with Crippen LogP contribution in [0, 0.1) is 25.5 Å². The van der Waals surface area contributed by atoms with Gasteiger partial charge in [-0.1, -0.05) is 31.2 Å². The van der Waals surface area contributed by atoms with Crippen LogP contribution in [0.15, 0.2) is 36.4 Å². The molecule has 33 heavy (non-hydrogen) atoms. The van der Waals surface area contributed by atoms with Crippen LogP contribution in [-0.4, -0.2) is 67.8 Å². The lowest BCUT2D eigenvalue weighted by Gasteiger charge is -2.80. The van der Waals surface area contributed by atoms with Crippen molar-refractivity contribution in [2.45, 2.75) is 68.0 Å². The standard InChI is InChI=1S/C25H30F2O6/c1-4-9-33-22-20(15-5-7-17(26)13(2)10-15)25(32)23(30,19(29)12-28)21(24(22,25)31)16-6-8-18(27)14(3)11-16/h5-8,10-11,19-22,28-32H,4,9,12H2,1-3H3/t19-,20?,21?,22?,23+,24+,25+/m1/s1. The molecule has 0 heterocycles. The van der Waals surface area contributed by atoms with Crippen LogP contribution in [0.3, 0.4) is 0 Å². The summed E-state index contributed by atoms with van der Waals surface area (Å²) in [5.41, 5.74) is -5.50. The van der Waals surface area contributed by atoms with Crippen molar-refractivity contribution in [1.82, 2.24) is 0 Å². The van der Waals surface area contributed by atoms with Crippen molar-refractivity contribution >= 4 is 0 Å². The Bertz CT molecular complexity index is 1060. The highest BCUT2D eigenvalue weighted by Gasteiger charge is 2.94. The van der Waals surface area contributed by atoms with Gasteiger partial charge < -0.3 is 30.3 Å². The van der Waals surface area contributed by atoms with E-state index in [0.29, 0.717) is 17.5 Å². The topological polar surface area (TPSA) is 110 Å². The van der Waals surface area contributed by atoms with Crippen LogP contribution in [-0.2, 0) is 4.74 Å². The average molecular weight is 465 g/mol. The zero-order valence-electron chi connectivity index (χ0n) is 18.8. The second-order valence-corrected chi connectivity index (χ2v) is 9.33. The summed E-state index contributed by atoms with van der Waals surface area (Å²) in [7, 11) is 0. The first-order valence-electron chi connectivity index (χ1n) is 11.1. The van der Waals surface area contributed by atoms with Crippen molar-refractivity contribution in [3.05, 3.63) is 70.3 Å². The quantitative estimate of drug-likeness (QED) is 0.428. The second-order valence-electron chi connectivity index (χ2n) is 9.33. The van der Waals surface area contributed by atoms with Gasteiger partial charge in [0, 0.05) is 12.5 Å². The second kappa shape index (κ2) is 8.08. The van der Waals surface area contributed by atoms with Crippen molar-refractivity contribution in [3.8, 4) is 0 Å². The Morgan fingerprint density at radius 3 is 2.03 bits per heavy atom. The van der Waals surface area contributed by atoms with Gasteiger partial charge in [0.25, 0.3) is 0 Å². The fourth-order valence-corrected chi connectivity index (χ4v) is 5.96. The maximum absolute atomic E-state index is 13.9. The Morgan fingerprint density at radius 1 is 0.970 bits per heavy atom. The van der Waals surface area contributed by atoms with Crippen LogP contribution in [0.1, 0.15) is 47.4 Å². The summed E-state index contributed by atoms with van der Waals surface area (Å²) >= 11 is 0. The van der Waals surface area contributed by atoms with Crippen molar-refractivity contribution in [3.63, 3.8) is 0 Å². The van der Waals surface area contributed by atoms with Gasteiger partial charge in [0.2, 0.25) is 0 Å². The third kappa shape index (κ3) is 2.92. The smallest absolute Gasteiger partial charge is 0.138 e. The molecule has 0 spiro atoms. The molecule has 3 unspecified atom stereocenters. The third-order valence-electron chi connectivity index (χ3n) is 7.53. The molecule has 2 fully saturated rings. The molecule has 8 heteroatoms. The Hall–Kier alpha value is -1.94. The lowest BCUT2D eigenvalue weighted by molar-refractivity contribution is -0.463. The number of hydrogen-bond acceptors (Lipinski definition) is 6. The molecule has 6 nitrogen and oxygen atoms in total. The van der Waals surface area contributed by atoms with E-state index in [1.54, 1.807) is 6.92 Å². The van der Waals surface area contributed by atoms with E-state index in [0.717, 1.165) is 0 Å². The highest BCUT2D eigenvalue weighted by Crippen LogP contribution is 2.76. The highest BCUT2D eigenvalue weighted by atomic mass is 19.1. The fraction of sp³-hybridized carbons (Fsp3) is 0.520. The molecule has 0 radical (unpaired) electrons. The molecule has 2 aliphatic rings. The Balaban J connectivity index is 1.90. The first-order chi connectivity index (χ1) is 15.5. The van der Waals surface area contributed by atoms with Gasteiger partial charge in [-0.3, -0.25) is 0 Å². The summed E-state index contributed by atoms with van der Waals surface area (Å²) in [6, 6.07) is 8.14. The summed E-state index contributed by atoms with van der Waals surface area (Å²) in [6.07, 6.45) is -2.22. The molecular formula is C25H30F2O6. The van der Waals surface area contributed by atoms with E-state index in [2.05, 4.69) is 0 Å². The zero-order valence-corrected chi connectivity index (χ0v) is 18.8. The van der Waals surface area contributed by atoms with Gasteiger partial charge in [-0.15, -0.1) is 0 Å². The molecule has 2 aromatic carbocycles. The molecule has 0 aliphatic heterocycles. The van der Waals surface area contributed by atoms with Gasteiger partial charge in [-0.2, -0.15) is 0 Å². The number of fused-ring (bicyclic) bond motifs is 1. The maximum atomic E-state index is 13.9. The van der Waals surface area contributed by atoms with E-state index in [1.165, 1.54) is 43.3 Å². The number of halogens is 2. The van der Waals surface area contributed by atoms with Crippen LogP contribution >= 0.6 is 0 Å². The average Bonchev–Trinajstić information content (AvgIpc) is 2.79. The molecule has 2 aromatic rings. The fourth-order valence-electron chi connectivity index (χ4n) is 5.96. The minimum Gasteiger partial charge on any atom is -0.394 e. The highest BCUT2D eigenvalue weighted by molar-refractivity contribution is 5.56. The predicted octanol–water partition coefficient (Wildman–Crippen LogP) is 1.82. The molecule has 0 bridgehead atoms. The summed E-state index contributed by atoms with van der Waals surface area (Å²) < 4.78 is 33.8. The van der Waals surface area contributed by atoms with Crippen molar-refractivity contribution < 1.29 is 39.1 Å². The molecule has 2 saturated carbocycles. The van der Waals surface area contributed by atoms with Crippen LogP contribution in [0.25, 0.3) is 0 Å². The minimum absolute atomic E-state index is 0.246. The van der Waals surface area contributed by atoms with E-state index in [1.807, 2.05) is 6.92 Å². The number of aliphatic hydroxyl groups is 5. The number of ether oxygens (including phenoxy) is 1. The Labute approximate surface area is 191 Å². The molecule has 5 N–H and O–H groups in total. The van der Waals surface area contributed by atoms with Crippen LogP contribution in [0.4, 0.5) is 8.78 Å². The van der Waals surface area contributed by atoms with E-state index in [-0.39, 0.29) is 17.7 Å². The molecule has 7 atom stereocenters. The summed E-state index contributed by atoms with van der Waals surface area (Å²) in [4.78, 5) is 0. The van der Waals surface area contributed by atoms with Gasteiger partial charge in [0.1, 0.15) is 34.5 Å². The third-order valence-corrected chi connectivity index (χ3v) is 7.53. The first kappa shape index (κ1) is 24.2. The van der Waals surface area contributed by atoms with Gasteiger partial charge in [-0.25, -0.2) is 8.78 Å². The zero-order chi connectivity index (χ0) is 24.3.